The molecule has 2 aromatic rings. The summed E-state index contributed by atoms with van der Waals surface area (Å²) in [6, 6.07) is 13.2. The number of hydrogen-bond acceptors (Lipinski definition) is 4. The van der Waals surface area contributed by atoms with Crippen LogP contribution in [0.4, 0.5) is 8.78 Å². The molecule has 0 aliphatic rings. The number of carbonyl (C=O) groups excluding carboxylic acids is 2. The fourth-order valence-electron chi connectivity index (χ4n) is 2.87. The van der Waals surface area contributed by atoms with E-state index in [0.717, 1.165) is 0 Å². The number of amides is 2. The van der Waals surface area contributed by atoms with Crippen LogP contribution in [0.25, 0.3) is 0 Å². The van der Waals surface area contributed by atoms with Crippen molar-refractivity contribution in [2.75, 3.05) is 0 Å². The van der Waals surface area contributed by atoms with Crippen molar-refractivity contribution >= 4 is 23.8 Å². The first-order valence-electron chi connectivity index (χ1n) is 9.61. The van der Waals surface area contributed by atoms with Gasteiger partial charge in [0.1, 0.15) is 12.1 Å². The van der Waals surface area contributed by atoms with Crippen LogP contribution in [0.3, 0.4) is 0 Å². The minimum atomic E-state index is -3.03. The molecule has 0 heterocycles. The number of carboxylic acid groups (broad SMARTS) is 2. The van der Waals surface area contributed by atoms with Crippen molar-refractivity contribution in [2.45, 2.75) is 37.3 Å². The summed E-state index contributed by atoms with van der Waals surface area (Å²) in [7, 11) is 0. The zero-order valence-corrected chi connectivity index (χ0v) is 16.8. The molecule has 0 spiro atoms. The number of halogens is 2. The van der Waals surface area contributed by atoms with E-state index in [1.807, 2.05) is 10.6 Å². The van der Waals surface area contributed by atoms with E-state index >= 15 is 0 Å². The Labute approximate surface area is 182 Å². The number of rotatable bonds is 11. The maximum absolute atomic E-state index is 14.3. The molecule has 2 amide bonds. The van der Waals surface area contributed by atoms with Crippen molar-refractivity contribution < 1.29 is 38.2 Å². The molecule has 0 saturated heterocycles. The Morgan fingerprint density at radius 3 is 1.25 bits per heavy atom. The molecule has 4 atom stereocenters. The molecule has 0 saturated carbocycles. The monoisotopic (exact) mass is 448 g/mol. The summed E-state index contributed by atoms with van der Waals surface area (Å²) < 4.78 is 28.6. The number of carbonyl (C=O) groups is 4. The van der Waals surface area contributed by atoms with Gasteiger partial charge in [-0.05, 0) is 11.1 Å². The molecule has 0 fully saturated rings. The molecule has 32 heavy (non-hydrogen) atoms. The molecule has 4 N–H and O–H groups in total. The Morgan fingerprint density at radius 2 is 0.969 bits per heavy atom. The van der Waals surface area contributed by atoms with Gasteiger partial charge in [0, 0.05) is 12.8 Å². The van der Waals surface area contributed by atoms with Gasteiger partial charge in [-0.2, -0.15) is 0 Å². The second-order valence-electron chi connectivity index (χ2n) is 6.98. The van der Waals surface area contributed by atoms with Gasteiger partial charge in [-0.1, -0.05) is 60.7 Å². The predicted octanol–water partition coefficient (Wildman–Crippen LogP) is 1.29. The molecule has 0 aliphatic carbocycles. The lowest BCUT2D eigenvalue weighted by Gasteiger charge is -2.20. The van der Waals surface area contributed by atoms with Crippen LogP contribution in [-0.2, 0) is 32.0 Å². The van der Waals surface area contributed by atoms with Crippen molar-refractivity contribution in [3.05, 3.63) is 71.8 Å². The van der Waals surface area contributed by atoms with Gasteiger partial charge in [-0.15, -0.1) is 0 Å². The zero-order chi connectivity index (χ0) is 23.7. The van der Waals surface area contributed by atoms with Gasteiger partial charge in [-0.25, -0.2) is 18.4 Å². The van der Waals surface area contributed by atoms with E-state index in [1.165, 1.54) is 0 Å². The van der Waals surface area contributed by atoms with Crippen molar-refractivity contribution in [3.8, 4) is 0 Å². The average molecular weight is 448 g/mol. The van der Waals surface area contributed by atoms with Gasteiger partial charge in [0.25, 0.3) is 11.8 Å². The molecule has 0 bridgehead atoms. The smallest absolute Gasteiger partial charge is 0.326 e. The van der Waals surface area contributed by atoms with Crippen molar-refractivity contribution in [1.29, 1.82) is 0 Å². The Hall–Kier alpha value is -3.82. The van der Waals surface area contributed by atoms with E-state index in [4.69, 9.17) is 0 Å². The van der Waals surface area contributed by atoms with Crippen molar-refractivity contribution in [1.82, 2.24) is 10.6 Å². The minimum Gasteiger partial charge on any atom is -0.480 e. The maximum atomic E-state index is 14.3. The van der Waals surface area contributed by atoms with E-state index in [-0.39, 0.29) is 12.8 Å². The molecule has 0 unspecified atom stereocenters. The van der Waals surface area contributed by atoms with Crippen LogP contribution in [0.15, 0.2) is 60.7 Å². The van der Waals surface area contributed by atoms with E-state index in [2.05, 4.69) is 0 Å². The third kappa shape index (κ3) is 7.15. The first-order valence-corrected chi connectivity index (χ1v) is 9.61. The fraction of sp³-hybridized carbons (Fsp3) is 0.273. The molecular weight excluding hydrogens is 426 g/mol. The second-order valence-corrected chi connectivity index (χ2v) is 6.98. The zero-order valence-electron chi connectivity index (χ0n) is 16.8. The fourth-order valence-corrected chi connectivity index (χ4v) is 2.87. The Morgan fingerprint density at radius 1 is 0.656 bits per heavy atom. The standard InChI is InChI=1S/C22H22F2N2O6/c23-17(19(27)25-15(21(29)30)11-13-7-3-1-4-8-13)18(24)20(28)26-16(22(31)32)12-14-9-5-2-6-10-14/h1-10,15-18H,11-12H2,(H,25,27)(H,26,28)(H,29,30)(H,31,32)/t15-,16-,17+,18+/m0/s1. The molecule has 2 aromatic carbocycles. The van der Waals surface area contributed by atoms with E-state index in [9.17, 15) is 38.2 Å². The highest BCUT2D eigenvalue weighted by Crippen LogP contribution is 2.10. The number of nitrogens with one attached hydrogen (secondary N) is 2. The van der Waals surface area contributed by atoms with Crippen LogP contribution in [0.5, 0.6) is 0 Å². The number of benzene rings is 2. The second kappa shape index (κ2) is 11.5. The summed E-state index contributed by atoms with van der Waals surface area (Å²) in [5.41, 5.74) is 1.07. The van der Waals surface area contributed by atoms with Crippen LogP contribution >= 0.6 is 0 Å². The van der Waals surface area contributed by atoms with Gasteiger partial charge in [0.15, 0.2) is 0 Å². The molecular formula is C22H22F2N2O6. The molecule has 0 radical (unpaired) electrons. The topological polar surface area (TPSA) is 133 Å². The average Bonchev–Trinajstić information content (AvgIpc) is 2.78. The molecule has 10 heteroatoms. The lowest BCUT2D eigenvalue weighted by molar-refractivity contribution is -0.146. The van der Waals surface area contributed by atoms with Crippen molar-refractivity contribution in [2.24, 2.45) is 0 Å². The minimum absolute atomic E-state index is 0.185. The number of alkyl halides is 2. The lowest BCUT2D eigenvalue weighted by atomic mass is 10.0. The van der Waals surface area contributed by atoms with Crippen LogP contribution in [0, 0.1) is 0 Å². The van der Waals surface area contributed by atoms with Gasteiger partial charge < -0.3 is 20.8 Å². The lowest BCUT2D eigenvalue weighted by Crippen LogP contribution is -2.53. The quantitative estimate of drug-likeness (QED) is 0.410. The van der Waals surface area contributed by atoms with Gasteiger partial charge in [-0.3, -0.25) is 9.59 Å². The Bertz CT molecular complexity index is 864. The van der Waals surface area contributed by atoms with Gasteiger partial charge in [0.2, 0.25) is 12.3 Å². The van der Waals surface area contributed by atoms with Crippen LogP contribution in [0.1, 0.15) is 11.1 Å². The maximum Gasteiger partial charge on any atom is 0.326 e. The SMILES string of the molecule is O=C(O)[C@H](Cc1ccccc1)NC(=O)[C@H](F)[C@@H](F)C(=O)N[C@@H](Cc1ccccc1)C(=O)O. The molecule has 0 aliphatic heterocycles. The third-order valence-corrected chi connectivity index (χ3v) is 4.55. The first-order chi connectivity index (χ1) is 15.2. The predicted molar refractivity (Wildman–Crippen MR) is 109 cm³/mol. The summed E-state index contributed by atoms with van der Waals surface area (Å²) in [4.78, 5) is 46.8. The molecule has 2 rings (SSSR count). The highest BCUT2D eigenvalue weighted by Gasteiger charge is 2.37. The third-order valence-electron chi connectivity index (χ3n) is 4.55. The first kappa shape index (κ1) is 24.4. The summed E-state index contributed by atoms with van der Waals surface area (Å²) in [5.74, 6) is -6.21. The van der Waals surface area contributed by atoms with Gasteiger partial charge in [0.05, 0.1) is 0 Å². The number of carboxylic acids is 2. The van der Waals surface area contributed by atoms with Crippen LogP contribution in [0.2, 0.25) is 0 Å². The summed E-state index contributed by atoms with van der Waals surface area (Å²) >= 11 is 0. The van der Waals surface area contributed by atoms with Crippen molar-refractivity contribution in [3.63, 3.8) is 0 Å². The Kier molecular flexibility index (Phi) is 8.82. The number of hydrogen-bond donors (Lipinski definition) is 4. The summed E-state index contributed by atoms with van der Waals surface area (Å²) in [6.45, 7) is 0. The molecule has 8 nitrogen and oxygen atoms in total. The largest absolute Gasteiger partial charge is 0.480 e. The normalized spacial score (nSPS) is 14.4. The molecule has 0 aromatic heterocycles. The molecule has 170 valence electrons. The van der Waals surface area contributed by atoms with Crippen LogP contribution in [-0.4, -0.2) is 58.4 Å². The highest BCUT2D eigenvalue weighted by atomic mass is 19.2. The van der Waals surface area contributed by atoms with E-state index in [0.29, 0.717) is 11.1 Å². The number of aliphatic carboxylic acids is 2. The van der Waals surface area contributed by atoms with E-state index in [1.54, 1.807) is 60.7 Å². The summed E-state index contributed by atoms with van der Waals surface area (Å²) in [5, 5.41) is 22.2. The van der Waals surface area contributed by atoms with E-state index < -0.39 is 48.2 Å². The summed E-state index contributed by atoms with van der Waals surface area (Å²) in [6.07, 6.45) is -6.43. The van der Waals surface area contributed by atoms with Crippen LogP contribution < -0.4 is 10.6 Å². The Balaban J connectivity index is 1.99. The van der Waals surface area contributed by atoms with Gasteiger partial charge >= 0.3 is 11.9 Å². The highest BCUT2D eigenvalue weighted by molar-refractivity contribution is 5.94.